The van der Waals surface area contributed by atoms with Crippen LogP contribution in [-0.4, -0.2) is 9.78 Å². The minimum atomic E-state index is -0.944. The average molecular weight is 218 g/mol. The third kappa shape index (κ3) is 1.68. The van der Waals surface area contributed by atoms with Crippen molar-refractivity contribution in [2.24, 2.45) is 7.05 Å². The molecule has 16 heavy (non-hydrogen) atoms. The quantitative estimate of drug-likeness (QED) is 0.672. The molecule has 0 amide bonds. The SMILES string of the molecule is C#Cc1cc(F)c(F)cc1-c1cnn(C)c1. The van der Waals surface area contributed by atoms with Crippen molar-refractivity contribution < 1.29 is 8.78 Å². The van der Waals surface area contributed by atoms with E-state index in [1.807, 2.05) is 0 Å². The van der Waals surface area contributed by atoms with Crippen molar-refractivity contribution in [2.45, 2.75) is 0 Å². The molecule has 2 aromatic rings. The van der Waals surface area contributed by atoms with E-state index >= 15 is 0 Å². The highest BCUT2D eigenvalue weighted by atomic mass is 19.2. The van der Waals surface area contributed by atoms with Gasteiger partial charge < -0.3 is 0 Å². The minimum Gasteiger partial charge on any atom is -0.275 e. The van der Waals surface area contributed by atoms with E-state index in [2.05, 4.69) is 11.0 Å². The summed E-state index contributed by atoms with van der Waals surface area (Å²) in [6.45, 7) is 0. The van der Waals surface area contributed by atoms with Gasteiger partial charge in [0, 0.05) is 29.9 Å². The molecule has 0 N–H and O–H groups in total. The maximum Gasteiger partial charge on any atom is 0.160 e. The molecule has 0 saturated carbocycles. The molecule has 0 spiro atoms. The van der Waals surface area contributed by atoms with Crippen molar-refractivity contribution in [1.29, 1.82) is 0 Å². The van der Waals surface area contributed by atoms with Crippen molar-refractivity contribution in [3.63, 3.8) is 0 Å². The van der Waals surface area contributed by atoms with Gasteiger partial charge in [-0.1, -0.05) is 5.92 Å². The number of hydrogen-bond acceptors (Lipinski definition) is 1. The van der Waals surface area contributed by atoms with Crippen LogP contribution < -0.4 is 0 Å². The molecule has 2 rings (SSSR count). The maximum atomic E-state index is 13.1. The zero-order valence-corrected chi connectivity index (χ0v) is 8.54. The van der Waals surface area contributed by atoms with Crippen LogP contribution in [0.3, 0.4) is 0 Å². The van der Waals surface area contributed by atoms with Gasteiger partial charge in [0.05, 0.1) is 6.20 Å². The molecular weight excluding hydrogens is 210 g/mol. The first-order chi connectivity index (χ1) is 7.61. The molecule has 0 aliphatic rings. The van der Waals surface area contributed by atoms with E-state index < -0.39 is 11.6 Å². The largest absolute Gasteiger partial charge is 0.275 e. The van der Waals surface area contributed by atoms with Gasteiger partial charge in [-0.2, -0.15) is 5.10 Å². The van der Waals surface area contributed by atoms with Crippen LogP contribution in [0.5, 0.6) is 0 Å². The lowest BCUT2D eigenvalue weighted by Gasteiger charge is -2.03. The molecule has 0 radical (unpaired) electrons. The van der Waals surface area contributed by atoms with Crippen molar-refractivity contribution in [2.75, 3.05) is 0 Å². The van der Waals surface area contributed by atoms with E-state index in [1.165, 1.54) is 0 Å². The van der Waals surface area contributed by atoms with E-state index in [0.29, 0.717) is 16.7 Å². The van der Waals surface area contributed by atoms with E-state index in [-0.39, 0.29) is 0 Å². The Labute approximate surface area is 91.5 Å². The fourth-order valence-electron chi connectivity index (χ4n) is 1.47. The lowest BCUT2D eigenvalue weighted by molar-refractivity contribution is 0.509. The Kier molecular flexibility index (Phi) is 2.45. The Morgan fingerprint density at radius 2 is 2.00 bits per heavy atom. The summed E-state index contributed by atoms with van der Waals surface area (Å²) in [6.07, 6.45) is 8.48. The molecule has 0 aliphatic heterocycles. The summed E-state index contributed by atoms with van der Waals surface area (Å²) in [6, 6.07) is 2.10. The maximum absolute atomic E-state index is 13.1. The summed E-state index contributed by atoms with van der Waals surface area (Å²) in [7, 11) is 1.74. The normalized spacial score (nSPS) is 10.1. The summed E-state index contributed by atoms with van der Waals surface area (Å²) in [5, 5.41) is 3.95. The van der Waals surface area contributed by atoms with Gasteiger partial charge in [0.2, 0.25) is 0 Å². The molecule has 0 saturated heterocycles. The molecule has 80 valence electrons. The second kappa shape index (κ2) is 3.78. The van der Waals surface area contributed by atoms with Gasteiger partial charge in [0.15, 0.2) is 11.6 Å². The predicted molar refractivity (Wildman–Crippen MR) is 56.5 cm³/mol. The van der Waals surface area contributed by atoms with E-state index in [1.54, 1.807) is 24.1 Å². The molecule has 1 heterocycles. The Morgan fingerprint density at radius 1 is 1.31 bits per heavy atom. The molecule has 0 atom stereocenters. The first kappa shape index (κ1) is 10.4. The fraction of sp³-hybridized carbons (Fsp3) is 0.0833. The van der Waals surface area contributed by atoms with Gasteiger partial charge in [-0.05, 0) is 12.1 Å². The van der Waals surface area contributed by atoms with Crippen LogP contribution in [0.1, 0.15) is 5.56 Å². The third-order valence-corrected chi connectivity index (χ3v) is 2.23. The van der Waals surface area contributed by atoms with E-state index in [4.69, 9.17) is 6.42 Å². The molecule has 1 aromatic heterocycles. The topological polar surface area (TPSA) is 17.8 Å². The predicted octanol–water partition coefficient (Wildman–Crippen LogP) is 2.35. The van der Waals surface area contributed by atoms with Gasteiger partial charge in [-0.15, -0.1) is 6.42 Å². The Balaban J connectivity index is 2.65. The number of benzene rings is 1. The number of aryl methyl sites for hydroxylation is 1. The molecule has 0 aliphatic carbocycles. The van der Waals surface area contributed by atoms with Crippen LogP contribution in [0.15, 0.2) is 24.5 Å². The van der Waals surface area contributed by atoms with Crippen molar-refractivity contribution >= 4 is 0 Å². The Bertz CT molecular complexity index is 579. The zero-order valence-electron chi connectivity index (χ0n) is 8.54. The number of rotatable bonds is 1. The van der Waals surface area contributed by atoms with Gasteiger partial charge in [-0.3, -0.25) is 4.68 Å². The van der Waals surface area contributed by atoms with Crippen molar-refractivity contribution in [1.82, 2.24) is 9.78 Å². The monoisotopic (exact) mass is 218 g/mol. The number of aromatic nitrogens is 2. The smallest absolute Gasteiger partial charge is 0.160 e. The second-order valence-electron chi connectivity index (χ2n) is 3.36. The second-order valence-corrected chi connectivity index (χ2v) is 3.36. The number of halogens is 2. The van der Waals surface area contributed by atoms with Gasteiger partial charge in [-0.25, -0.2) is 8.78 Å². The molecule has 2 nitrogen and oxygen atoms in total. The fourth-order valence-corrected chi connectivity index (χ4v) is 1.47. The first-order valence-corrected chi connectivity index (χ1v) is 4.56. The minimum absolute atomic E-state index is 0.312. The van der Waals surface area contributed by atoms with Gasteiger partial charge in [0.25, 0.3) is 0 Å². The highest BCUT2D eigenvalue weighted by Gasteiger charge is 2.11. The Morgan fingerprint density at radius 3 is 2.56 bits per heavy atom. The lowest BCUT2D eigenvalue weighted by Crippen LogP contribution is -1.90. The van der Waals surface area contributed by atoms with Crippen LogP contribution in [0.25, 0.3) is 11.1 Å². The van der Waals surface area contributed by atoms with E-state index in [0.717, 1.165) is 12.1 Å². The molecule has 4 heteroatoms. The average Bonchev–Trinajstić information content (AvgIpc) is 2.68. The van der Waals surface area contributed by atoms with Crippen molar-refractivity contribution in [3.05, 3.63) is 41.7 Å². The van der Waals surface area contributed by atoms with Crippen LogP contribution >= 0.6 is 0 Å². The summed E-state index contributed by atoms with van der Waals surface area (Å²) in [5.41, 5.74) is 1.44. The summed E-state index contributed by atoms with van der Waals surface area (Å²) in [4.78, 5) is 0. The molecule has 0 unspecified atom stereocenters. The summed E-state index contributed by atoms with van der Waals surface area (Å²) < 4.78 is 27.7. The van der Waals surface area contributed by atoms with Crippen LogP contribution in [0.4, 0.5) is 8.78 Å². The first-order valence-electron chi connectivity index (χ1n) is 4.56. The summed E-state index contributed by atoms with van der Waals surface area (Å²) in [5.74, 6) is 0.465. The van der Waals surface area contributed by atoms with E-state index in [9.17, 15) is 8.78 Å². The lowest BCUT2D eigenvalue weighted by atomic mass is 10.0. The standard InChI is InChI=1S/C12H8F2N2/c1-3-8-4-11(13)12(14)5-10(8)9-6-15-16(2)7-9/h1,4-7H,2H3. The molecular formula is C12H8F2N2. The third-order valence-electron chi connectivity index (χ3n) is 2.23. The van der Waals surface area contributed by atoms with Crippen LogP contribution in [0, 0.1) is 24.0 Å². The number of terminal acetylenes is 1. The van der Waals surface area contributed by atoms with Gasteiger partial charge >= 0.3 is 0 Å². The highest BCUT2D eigenvalue weighted by Crippen LogP contribution is 2.25. The molecule has 1 aromatic carbocycles. The number of hydrogen-bond donors (Lipinski definition) is 0. The van der Waals surface area contributed by atoms with Gasteiger partial charge in [0.1, 0.15) is 0 Å². The van der Waals surface area contributed by atoms with Crippen LogP contribution in [0.2, 0.25) is 0 Å². The van der Waals surface area contributed by atoms with Crippen LogP contribution in [-0.2, 0) is 7.05 Å². The summed E-state index contributed by atoms with van der Waals surface area (Å²) >= 11 is 0. The molecule has 0 fully saturated rings. The number of nitrogens with zero attached hydrogens (tertiary/aromatic N) is 2. The highest BCUT2D eigenvalue weighted by molar-refractivity contribution is 5.70. The zero-order chi connectivity index (χ0) is 11.7. The Hall–Kier alpha value is -2.15. The molecule has 0 bridgehead atoms. The van der Waals surface area contributed by atoms with Crippen molar-refractivity contribution in [3.8, 4) is 23.5 Å².